The van der Waals surface area contributed by atoms with Crippen molar-refractivity contribution >= 4 is 17.3 Å². The molecule has 0 saturated carbocycles. The molecule has 1 N–H and O–H groups in total. The minimum atomic E-state index is -0.426. The van der Waals surface area contributed by atoms with Gasteiger partial charge in [0.2, 0.25) is 11.6 Å². The van der Waals surface area contributed by atoms with Gasteiger partial charge in [-0.15, -0.1) is 0 Å². The molecule has 1 saturated heterocycles. The van der Waals surface area contributed by atoms with Gasteiger partial charge < -0.3 is 15.1 Å². The SMILES string of the molecule is CNc1ncnc(N(C)C2CCCN(C)C2)c1[N+](=O)[O-]. The van der Waals surface area contributed by atoms with E-state index < -0.39 is 4.92 Å². The van der Waals surface area contributed by atoms with Crippen molar-refractivity contribution in [2.45, 2.75) is 18.9 Å². The number of hydrogen-bond acceptors (Lipinski definition) is 7. The Hall–Kier alpha value is -1.96. The van der Waals surface area contributed by atoms with Crippen molar-refractivity contribution in [1.29, 1.82) is 0 Å². The lowest BCUT2D eigenvalue weighted by Gasteiger charge is -2.36. The van der Waals surface area contributed by atoms with E-state index in [9.17, 15) is 10.1 Å². The lowest BCUT2D eigenvalue weighted by Crippen LogP contribution is -2.45. The maximum Gasteiger partial charge on any atom is 0.353 e. The number of nitro groups is 1. The van der Waals surface area contributed by atoms with E-state index >= 15 is 0 Å². The second kappa shape index (κ2) is 6.00. The van der Waals surface area contributed by atoms with Gasteiger partial charge in [-0.05, 0) is 26.4 Å². The highest BCUT2D eigenvalue weighted by molar-refractivity contribution is 5.70. The van der Waals surface area contributed by atoms with Crippen molar-refractivity contribution in [3.63, 3.8) is 0 Å². The van der Waals surface area contributed by atoms with Crippen molar-refractivity contribution in [3.05, 3.63) is 16.4 Å². The van der Waals surface area contributed by atoms with Crippen molar-refractivity contribution in [2.75, 3.05) is 44.4 Å². The zero-order valence-electron chi connectivity index (χ0n) is 12.0. The van der Waals surface area contributed by atoms with Gasteiger partial charge in [0.1, 0.15) is 6.33 Å². The molecular weight excluding hydrogens is 260 g/mol. The minimum Gasteiger partial charge on any atom is -0.367 e. The summed E-state index contributed by atoms with van der Waals surface area (Å²) >= 11 is 0. The third kappa shape index (κ3) is 2.79. The summed E-state index contributed by atoms with van der Waals surface area (Å²) in [6.07, 6.45) is 3.46. The Kier molecular flexibility index (Phi) is 4.33. The van der Waals surface area contributed by atoms with E-state index in [0.29, 0.717) is 5.82 Å². The summed E-state index contributed by atoms with van der Waals surface area (Å²) < 4.78 is 0. The van der Waals surface area contributed by atoms with Gasteiger partial charge in [0, 0.05) is 26.7 Å². The van der Waals surface area contributed by atoms with Gasteiger partial charge in [0.15, 0.2) is 0 Å². The summed E-state index contributed by atoms with van der Waals surface area (Å²) in [6.45, 7) is 1.95. The van der Waals surface area contributed by atoms with Crippen LogP contribution in [0.25, 0.3) is 0 Å². The molecular formula is C12H20N6O2. The predicted molar refractivity (Wildman–Crippen MR) is 77.2 cm³/mol. The molecule has 0 radical (unpaired) electrons. The van der Waals surface area contributed by atoms with E-state index in [-0.39, 0.29) is 17.5 Å². The van der Waals surface area contributed by atoms with Crippen molar-refractivity contribution in [2.24, 2.45) is 0 Å². The molecule has 8 heteroatoms. The monoisotopic (exact) mass is 280 g/mol. The number of anilines is 2. The Labute approximate surface area is 118 Å². The van der Waals surface area contributed by atoms with Gasteiger partial charge >= 0.3 is 5.69 Å². The first kappa shape index (κ1) is 14.4. The van der Waals surface area contributed by atoms with Gasteiger partial charge in [-0.25, -0.2) is 9.97 Å². The van der Waals surface area contributed by atoms with Crippen LogP contribution in [0, 0.1) is 10.1 Å². The smallest absolute Gasteiger partial charge is 0.353 e. The van der Waals surface area contributed by atoms with Crippen LogP contribution in [0.1, 0.15) is 12.8 Å². The Bertz CT molecular complexity index is 495. The summed E-state index contributed by atoms with van der Waals surface area (Å²) in [5, 5.41) is 14.1. The Balaban J connectivity index is 2.33. The molecule has 0 amide bonds. The van der Waals surface area contributed by atoms with Gasteiger partial charge in [0.25, 0.3) is 0 Å². The highest BCUT2D eigenvalue weighted by atomic mass is 16.6. The maximum absolute atomic E-state index is 11.3. The molecule has 2 heterocycles. The fourth-order valence-corrected chi connectivity index (χ4v) is 2.61. The minimum absolute atomic E-state index is 0.0641. The summed E-state index contributed by atoms with van der Waals surface area (Å²) in [5.74, 6) is 0.616. The van der Waals surface area contributed by atoms with E-state index in [0.717, 1.165) is 25.9 Å². The zero-order chi connectivity index (χ0) is 14.7. The van der Waals surface area contributed by atoms with Crippen molar-refractivity contribution < 1.29 is 4.92 Å². The molecule has 2 rings (SSSR count). The molecule has 110 valence electrons. The van der Waals surface area contributed by atoms with E-state index in [1.807, 2.05) is 11.9 Å². The molecule has 0 aliphatic carbocycles. The van der Waals surface area contributed by atoms with Crippen LogP contribution < -0.4 is 10.2 Å². The number of likely N-dealkylation sites (tertiary alicyclic amines) is 1. The van der Waals surface area contributed by atoms with E-state index in [1.165, 1.54) is 6.33 Å². The molecule has 1 aromatic rings. The average molecular weight is 280 g/mol. The van der Waals surface area contributed by atoms with Crippen LogP contribution in [0.15, 0.2) is 6.33 Å². The van der Waals surface area contributed by atoms with Crippen LogP contribution in [0.2, 0.25) is 0 Å². The standard InChI is InChI=1S/C12H20N6O2/c1-13-11-10(18(19)20)12(15-8-14-11)17(3)9-5-4-6-16(2)7-9/h8-9H,4-7H2,1-3H3,(H,13,14,15). The Morgan fingerprint density at radius 2 is 2.30 bits per heavy atom. The number of aromatic nitrogens is 2. The Morgan fingerprint density at radius 1 is 1.55 bits per heavy atom. The number of likely N-dealkylation sites (N-methyl/N-ethyl adjacent to an activating group) is 2. The quantitative estimate of drug-likeness (QED) is 0.649. The molecule has 0 aromatic carbocycles. The van der Waals surface area contributed by atoms with E-state index in [4.69, 9.17) is 0 Å². The fraction of sp³-hybridized carbons (Fsp3) is 0.667. The van der Waals surface area contributed by atoms with Crippen molar-refractivity contribution in [3.8, 4) is 0 Å². The summed E-state index contributed by atoms with van der Waals surface area (Å²) in [7, 11) is 5.54. The first-order chi connectivity index (χ1) is 9.54. The van der Waals surface area contributed by atoms with Crippen LogP contribution in [-0.2, 0) is 0 Å². The van der Waals surface area contributed by atoms with E-state index in [1.54, 1.807) is 7.05 Å². The molecule has 1 aliphatic rings. The molecule has 1 aromatic heterocycles. The normalized spacial score (nSPS) is 19.6. The zero-order valence-corrected chi connectivity index (χ0v) is 12.0. The number of nitrogens with zero attached hydrogens (tertiary/aromatic N) is 5. The largest absolute Gasteiger partial charge is 0.367 e. The van der Waals surface area contributed by atoms with E-state index in [2.05, 4.69) is 27.2 Å². The van der Waals surface area contributed by atoms with Crippen LogP contribution in [-0.4, -0.2) is 60.1 Å². The number of piperidine rings is 1. The molecule has 0 spiro atoms. The third-order valence-corrected chi connectivity index (χ3v) is 3.70. The fourth-order valence-electron chi connectivity index (χ4n) is 2.61. The number of rotatable bonds is 4. The first-order valence-corrected chi connectivity index (χ1v) is 6.63. The van der Waals surface area contributed by atoms with Crippen LogP contribution >= 0.6 is 0 Å². The van der Waals surface area contributed by atoms with Crippen LogP contribution in [0.3, 0.4) is 0 Å². The van der Waals surface area contributed by atoms with Crippen LogP contribution in [0.5, 0.6) is 0 Å². The summed E-state index contributed by atoms with van der Waals surface area (Å²) in [4.78, 5) is 23.1. The second-order valence-corrected chi connectivity index (χ2v) is 5.07. The highest BCUT2D eigenvalue weighted by Gasteiger charge is 2.30. The molecule has 1 atom stereocenters. The third-order valence-electron chi connectivity index (χ3n) is 3.70. The first-order valence-electron chi connectivity index (χ1n) is 6.63. The molecule has 1 unspecified atom stereocenters. The van der Waals surface area contributed by atoms with Gasteiger partial charge in [-0.3, -0.25) is 10.1 Å². The topological polar surface area (TPSA) is 87.4 Å². The van der Waals surface area contributed by atoms with Crippen LogP contribution in [0.4, 0.5) is 17.3 Å². The van der Waals surface area contributed by atoms with Gasteiger partial charge in [-0.2, -0.15) is 0 Å². The second-order valence-electron chi connectivity index (χ2n) is 5.07. The molecule has 1 aliphatic heterocycles. The van der Waals surface area contributed by atoms with Gasteiger partial charge in [-0.1, -0.05) is 0 Å². The average Bonchev–Trinajstić information content (AvgIpc) is 2.45. The summed E-state index contributed by atoms with van der Waals surface area (Å²) in [5.41, 5.74) is -0.0641. The molecule has 8 nitrogen and oxygen atoms in total. The highest BCUT2D eigenvalue weighted by Crippen LogP contribution is 2.32. The number of hydrogen-bond donors (Lipinski definition) is 1. The van der Waals surface area contributed by atoms with Crippen molar-refractivity contribution in [1.82, 2.24) is 14.9 Å². The lowest BCUT2D eigenvalue weighted by molar-refractivity contribution is -0.383. The summed E-state index contributed by atoms with van der Waals surface area (Å²) in [6, 6.07) is 0.229. The molecule has 1 fully saturated rings. The van der Waals surface area contributed by atoms with Gasteiger partial charge in [0.05, 0.1) is 4.92 Å². The number of nitrogens with one attached hydrogen (secondary N) is 1. The molecule has 0 bridgehead atoms. The lowest BCUT2D eigenvalue weighted by atomic mass is 10.1. The maximum atomic E-state index is 11.3. The predicted octanol–water partition coefficient (Wildman–Crippen LogP) is 0.957. The Morgan fingerprint density at radius 3 is 2.90 bits per heavy atom. The molecule has 20 heavy (non-hydrogen) atoms.